The number of ether oxygens (including phenoxy) is 1. The second-order valence-corrected chi connectivity index (χ2v) is 4.72. The standard InChI is InChI=1S/C16H16F3NO/c1-10(20-2)14-6-5-13(18)8-16(14)21-9-11-3-4-12(17)7-15(11)19/h3-8,10,20H,9H2,1-2H3. The van der Waals surface area contributed by atoms with Crippen molar-refractivity contribution < 1.29 is 17.9 Å². The second-order valence-electron chi connectivity index (χ2n) is 4.72. The summed E-state index contributed by atoms with van der Waals surface area (Å²) in [7, 11) is 1.78. The summed E-state index contributed by atoms with van der Waals surface area (Å²) in [5.41, 5.74) is 0.977. The van der Waals surface area contributed by atoms with Gasteiger partial charge in [0.25, 0.3) is 0 Å². The molecule has 0 saturated heterocycles. The minimum Gasteiger partial charge on any atom is -0.488 e. The highest BCUT2D eigenvalue weighted by molar-refractivity contribution is 5.36. The van der Waals surface area contributed by atoms with Gasteiger partial charge in [-0.05, 0) is 32.2 Å². The third kappa shape index (κ3) is 3.76. The molecule has 1 N–H and O–H groups in total. The van der Waals surface area contributed by atoms with E-state index >= 15 is 0 Å². The molecule has 0 spiro atoms. The molecule has 0 bridgehead atoms. The molecule has 0 aliphatic rings. The van der Waals surface area contributed by atoms with Crippen LogP contribution in [-0.4, -0.2) is 7.05 Å². The normalized spacial score (nSPS) is 12.2. The highest BCUT2D eigenvalue weighted by atomic mass is 19.1. The van der Waals surface area contributed by atoms with Gasteiger partial charge >= 0.3 is 0 Å². The largest absolute Gasteiger partial charge is 0.488 e. The Morgan fingerprint density at radius 2 is 1.71 bits per heavy atom. The average Bonchev–Trinajstić information content (AvgIpc) is 2.45. The van der Waals surface area contributed by atoms with Crippen LogP contribution >= 0.6 is 0 Å². The van der Waals surface area contributed by atoms with Crippen LogP contribution in [0.2, 0.25) is 0 Å². The van der Waals surface area contributed by atoms with Crippen molar-refractivity contribution in [2.24, 2.45) is 0 Å². The fraction of sp³-hybridized carbons (Fsp3) is 0.250. The summed E-state index contributed by atoms with van der Waals surface area (Å²) in [6.45, 7) is 1.80. The van der Waals surface area contributed by atoms with Crippen LogP contribution in [0, 0.1) is 17.5 Å². The lowest BCUT2D eigenvalue weighted by Crippen LogP contribution is -2.14. The van der Waals surface area contributed by atoms with Crippen molar-refractivity contribution in [3.8, 4) is 5.75 Å². The summed E-state index contributed by atoms with van der Waals surface area (Å²) < 4.78 is 45.2. The minimum absolute atomic E-state index is 0.0429. The van der Waals surface area contributed by atoms with Crippen molar-refractivity contribution in [1.82, 2.24) is 5.32 Å². The molecule has 112 valence electrons. The van der Waals surface area contributed by atoms with Gasteiger partial charge in [0.05, 0.1) is 0 Å². The maximum absolute atomic E-state index is 13.6. The summed E-state index contributed by atoms with van der Waals surface area (Å²) in [5.74, 6) is -1.43. The SMILES string of the molecule is CNC(C)c1ccc(F)cc1OCc1ccc(F)cc1F. The maximum atomic E-state index is 13.6. The third-order valence-corrected chi connectivity index (χ3v) is 3.27. The molecule has 2 aromatic carbocycles. The molecule has 0 aliphatic carbocycles. The molecule has 0 aromatic heterocycles. The second kappa shape index (κ2) is 6.63. The van der Waals surface area contributed by atoms with E-state index in [-0.39, 0.29) is 18.2 Å². The molecule has 2 rings (SSSR count). The van der Waals surface area contributed by atoms with Gasteiger partial charge in [-0.3, -0.25) is 0 Å². The van der Waals surface area contributed by atoms with Crippen molar-refractivity contribution in [1.29, 1.82) is 0 Å². The molecule has 0 saturated carbocycles. The molecule has 0 radical (unpaired) electrons. The number of hydrogen-bond acceptors (Lipinski definition) is 2. The molecule has 21 heavy (non-hydrogen) atoms. The Labute approximate surface area is 121 Å². The van der Waals surface area contributed by atoms with Crippen LogP contribution in [0.5, 0.6) is 5.75 Å². The zero-order valence-electron chi connectivity index (χ0n) is 11.8. The van der Waals surface area contributed by atoms with Gasteiger partial charge in [0.15, 0.2) is 0 Å². The Morgan fingerprint density at radius 3 is 2.38 bits per heavy atom. The fourth-order valence-electron chi connectivity index (χ4n) is 1.94. The summed E-state index contributed by atoms with van der Waals surface area (Å²) >= 11 is 0. The monoisotopic (exact) mass is 295 g/mol. The van der Waals surface area contributed by atoms with Crippen LogP contribution in [0.4, 0.5) is 13.2 Å². The first-order valence-electron chi connectivity index (χ1n) is 6.54. The number of hydrogen-bond donors (Lipinski definition) is 1. The molecule has 0 aliphatic heterocycles. The number of halogens is 3. The molecule has 1 atom stereocenters. The first-order chi connectivity index (χ1) is 10.0. The van der Waals surface area contributed by atoms with E-state index < -0.39 is 17.5 Å². The minimum atomic E-state index is -0.686. The Balaban J connectivity index is 2.21. The van der Waals surface area contributed by atoms with E-state index in [2.05, 4.69) is 5.32 Å². The molecule has 0 fully saturated rings. The van der Waals surface area contributed by atoms with E-state index in [0.29, 0.717) is 5.75 Å². The van der Waals surface area contributed by atoms with Gasteiger partial charge in [-0.1, -0.05) is 6.07 Å². The zero-order valence-corrected chi connectivity index (χ0v) is 11.8. The average molecular weight is 295 g/mol. The lowest BCUT2D eigenvalue weighted by atomic mass is 10.1. The maximum Gasteiger partial charge on any atom is 0.132 e. The van der Waals surface area contributed by atoms with Crippen molar-refractivity contribution in [2.75, 3.05) is 7.05 Å². The molecule has 2 aromatic rings. The predicted molar refractivity (Wildman–Crippen MR) is 74.6 cm³/mol. The molecular formula is C16H16F3NO. The zero-order chi connectivity index (χ0) is 15.4. The van der Waals surface area contributed by atoms with E-state index in [0.717, 1.165) is 17.7 Å². The lowest BCUT2D eigenvalue weighted by molar-refractivity contribution is 0.292. The summed E-state index contributed by atoms with van der Waals surface area (Å²) in [6, 6.07) is 7.43. The number of rotatable bonds is 5. The van der Waals surface area contributed by atoms with Gasteiger partial charge in [-0.25, -0.2) is 13.2 Å². The summed E-state index contributed by atoms with van der Waals surface area (Å²) in [4.78, 5) is 0. The van der Waals surface area contributed by atoms with Gasteiger partial charge in [-0.2, -0.15) is 0 Å². The first-order valence-corrected chi connectivity index (χ1v) is 6.54. The van der Waals surface area contributed by atoms with Crippen LogP contribution in [0.3, 0.4) is 0 Å². The van der Waals surface area contributed by atoms with E-state index in [1.807, 2.05) is 6.92 Å². The number of nitrogens with one attached hydrogen (secondary N) is 1. The van der Waals surface area contributed by atoms with Crippen molar-refractivity contribution >= 4 is 0 Å². The highest BCUT2D eigenvalue weighted by Crippen LogP contribution is 2.27. The Kier molecular flexibility index (Phi) is 4.85. The molecule has 2 nitrogen and oxygen atoms in total. The molecular weight excluding hydrogens is 279 g/mol. The van der Waals surface area contributed by atoms with Gasteiger partial charge in [0.1, 0.15) is 29.8 Å². The van der Waals surface area contributed by atoms with Crippen LogP contribution in [0.15, 0.2) is 36.4 Å². The van der Waals surface area contributed by atoms with Crippen molar-refractivity contribution in [2.45, 2.75) is 19.6 Å². The topological polar surface area (TPSA) is 21.3 Å². The lowest BCUT2D eigenvalue weighted by Gasteiger charge is -2.17. The van der Waals surface area contributed by atoms with E-state index in [9.17, 15) is 13.2 Å². The molecule has 5 heteroatoms. The van der Waals surface area contributed by atoms with Crippen LogP contribution in [0.25, 0.3) is 0 Å². The predicted octanol–water partition coefficient (Wildman–Crippen LogP) is 3.96. The molecule has 1 unspecified atom stereocenters. The summed E-state index contributed by atoms with van der Waals surface area (Å²) in [5, 5.41) is 3.03. The quantitative estimate of drug-likeness (QED) is 0.901. The van der Waals surface area contributed by atoms with Crippen molar-refractivity contribution in [3.63, 3.8) is 0 Å². The van der Waals surface area contributed by atoms with Gasteiger partial charge in [0.2, 0.25) is 0 Å². The molecule has 0 amide bonds. The highest BCUT2D eigenvalue weighted by Gasteiger charge is 2.12. The van der Waals surface area contributed by atoms with E-state index in [4.69, 9.17) is 4.74 Å². The van der Waals surface area contributed by atoms with Crippen LogP contribution in [-0.2, 0) is 6.61 Å². The fourth-order valence-corrected chi connectivity index (χ4v) is 1.94. The molecule has 0 heterocycles. The first kappa shape index (κ1) is 15.4. The Hall–Kier alpha value is -2.01. The van der Waals surface area contributed by atoms with Crippen LogP contribution in [0.1, 0.15) is 24.1 Å². The number of benzene rings is 2. The third-order valence-electron chi connectivity index (χ3n) is 3.27. The Morgan fingerprint density at radius 1 is 1.05 bits per heavy atom. The van der Waals surface area contributed by atoms with Gasteiger partial charge in [0, 0.05) is 29.3 Å². The van der Waals surface area contributed by atoms with Gasteiger partial charge in [-0.15, -0.1) is 0 Å². The van der Waals surface area contributed by atoms with E-state index in [1.165, 1.54) is 18.2 Å². The van der Waals surface area contributed by atoms with Gasteiger partial charge < -0.3 is 10.1 Å². The van der Waals surface area contributed by atoms with Crippen LogP contribution < -0.4 is 10.1 Å². The van der Waals surface area contributed by atoms with E-state index in [1.54, 1.807) is 13.1 Å². The summed E-state index contributed by atoms with van der Waals surface area (Å²) in [6.07, 6.45) is 0. The smallest absolute Gasteiger partial charge is 0.132 e. The Bertz CT molecular complexity index is 631. The van der Waals surface area contributed by atoms with Crippen molar-refractivity contribution in [3.05, 3.63) is 65.0 Å².